The Kier molecular flexibility index (Phi) is 2.49. The molecule has 0 unspecified atom stereocenters. The zero-order valence-corrected chi connectivity index (χ0v) is 6.82. The molecule has 0 radical (unpaired) electrons. The van der Waals surface area contributed by atoms with Gasteiger partial charge >= 0.3 is 12.4 Å². The smallest absolute Gasteiger partial charge is 0.397 e. The van der Waals surface area contributed by atoms with Gasteiger partial charge in [-0.15, -0.1) is 10.2 Å². The first-order chi connectivity index (χ1) is 6.62. The first-order valence-corrected chi connectivity index (χ1v) is 3.40. The Balaban J connectivity index is 3.21. The van der Waals surface area contributed by atoms with Gasteiger partial charge in [0.05, 0.1) is 5.69 Å². The number of hydrogen-bond acceptors (Lipinski definition) is 3. The van der Waals surface area contributed by atoms with E-state index in [2.05, 4.69) is 10.2 Å². The molecule has 0 aliphatic heterocycles. The number of nitrogens with two attached hydrogens (primary N) is 1. The Morgan fingerprint density at radius 1 is 0.933 bits per heavy atom. The Bertz CT molecular complexity index is 368. The molecule has 0 amide bonds. The Morgan fingerprint density at radius 2 is 1.47 bits per heavy atom. The molecule has 15 heavy (non-hydrogen) atoms. The van der Waals surface area contributed by atoms with Crippen molar-refractivity contribution < 1.29 is 26.3 Å². The van der Waals surface area contributed by atoms with Gasteiger partial charge in [0.2, 0.25) is 0 Å². The Hall–Kier alpha value is -1.54. The summed E-state index contributed by atoms with van der Waals surface area (Å²) in [7, 11) is 0. The number of alkyl halides is 6. The van der Waals surface area contributed by atoms with Crippen molar-refractivity contribution >= 4 is 5.69 Å². The third kappa shape index (κ3) is 2.48. The Labute approximate surface area is 78.9 Å². The van der Waals surface area contributed by atoms with Crippen molar-refractivity contribution in [3.05, 3.63) is 17.5 Å². The van der Waals surface area contributed by atoms with E-state index in [-0.39, 0.29) is 6.07 Å². The van der Waals surface area contributed by atoms with Gasteiger partial charge < -0.3 is 5.73 Å². The fourth-order valence-electron chi connectivity index (χ4n) is 0.765. The molecule has 1 aromatic heterocycles. The third-order valence-corrected chi connectivity index (χ3v) is 1.38. The molecule has 3 nitrogen and oxygen atoms in total. The number of nitrogens with zero attached hydrogens (tertiary/aromatic N) is 2. The minimum Gasteiger partial charge on any atom is -0.397 e. The lowest BCUT2D eigenvalue weighted by molar-refractivity contribution is -0.147. The predicted octanol–water partition coefficient (Wildman–Crippen LogP) is 2.10. The standard InChI is InChI=1S/C6H3F6N3/c7-5(8,9)3-1-2(13)4(15-14-3)6(10,11)12/h1H,(H2,13,14). The molecule has 1 rings (SSSR count). The maximum absolute atomic E-state index is 12.0. The van der Waals surface area contributed by atoms with Crippen molar-refractivity contribution in [1.82, 2.24) is 10.2 Å². The number of nitrogen functional groups attached to an aromatic ring is 1. The maximum atomic E-state index is 12.0. The van der Waals surface area contributed by atoms with Crippen molar-refractivity contribution in [2.45, 2.75) is 12.4 Å². The Morgan fingerprint density at radius 3 is 1.80 bits per heavy atom. The highest BCUT2D eigenvalue weighted by molar-refractivity contribution is 5.44. The molecule has 84 valence electrons. The lowest BCUT2D eigenvalue weighted by Crippen LogP contribution is -2.17. The fraction of sp³-hybridized carbons (Fsp3) is 0.333. The first-order valence-electron chi connectivity index (χ1n) is 3.40. The average Bonchev–Trinajstić information content (AvgIpc) is 1.99. The van der Waals surface area contributed by atoms with Crippen molar-refractivity contribution in [3.8, 4) is 0 Å². The minimum absolute atomic E-state index is 0.0931. The second-order valence-electron chi connectivity index (χ2n) is 2.53. The van der Waals surface area contributed by atoms with E-state index in [4.69, 9.17) is 5.73 Å². The number of aromatic nitrogens is 2. The van der Waals surface area contributed by atoms with Crippen LogP contribution in [0, 0.1) is 0 Å². The molecule has 1 aromatic rings. The molecule has 0 saturated heterocycles. The number of hydrogen-bond donors (Lipinski definition) is 1. The minimum atomic E-state index is -4.92. The summed E-state index contributed by atoms with van der Waals surface area (Å²) < 4.78 is 71.9. The van der Waals surface area contributed by atoms with Crippen LogP contribution in [-0.4, -0.2) is 10.2 Å². The van der Waals surface area contributed by atoms with Gasteiger partial charge in [-0.25, -0.2) is 0 Å². The van der Waals surface area contributed by atoms with Gasteiger partial charge in [-0.1, -0.05) is 0 Å². The third-order valence-electron chi connectivity index (χ3n) is 1.38. The van der Waals surface area contributed by atoms with E-state index in [0.29, 0.717) is 0 Å². The highest BCUT2D eigenvalue weighted by Gasteiger charge is 2.39. The summed E-state index contributed by atoms with van der Waals surface area (Å²) in [6.45, 7) is 0. The van der Waals surface area contributed by atoms with Crippen LogP contribution in [0.15, 0.2) is 6.07 Å². The van der Waals surface area contributed by atoms with Crippen molar-refractivity contribution in [1.29, 1.82) is 0 Å². The van der Waals surface area contributed by atoms with Crippen LogP contribution in [-0.2, 0) is 12.4 Å². The molecule has 0 aliphatic carbocycles. The van der Waals surface area contributed by atoms with Crippen LogP contribution in [0.2, 0.25) is 0 Å². The average molecular weight is 231 g/mol. The van der Waals surface area contributed by atoms with Crippen LogP contribution in [0.1, 0.15) is 11.4 Å². The van der Waals surface area contributed by atoms with Gasteiger partial charge in [-0.3, -0.25) is 0 Å². The number of rotatable bonds is 0. The lowest BCUT2D eigenvalue weighted by atomic mass is 10.2. The van der Waals surface area contributed by atoms with E-state index in [1.807, 2.05) is 0 Å². The van der Waals surface area contributed by atoms with Crippen LogP contribution in [0.5, 0.6) is 0 Å². The molecular weight excluding hydrogens is 228 g/mol. The second kappa shape index (κ2) is 3.24. The highest BCUT2D eigenvalue weighted by Crippen LogP contribution is 2.34. The van der Waals surface area contributed by atoms with Crippen molar-refractivity contribution in [3.63, 3.8) is 0 Å². The summed E-state index contributed by atoms with van der Waals surface area (Å²) in [5.74, 6) is 0. The van der Waals surface area contributed by atoms with Gasteiger partial charge in [-0.2, -0.15) is 26.3 Å². The quantitative estimate of drug-likeness (QED) is 0.695. The molecule has 0 fully saturated rings. The summed E-state index contributed by atoms with van der Waals surface area (Å²) in [4.78, 5) is 0. The van der Waals surface area contributed by atoms with Crippen molar-refractivity contribution in [2.24, 2.45) is 0 Å². The van der Waals surface area contributed by atoms with E-state index in [0.717, 1.165) is 0 Å². The van der Waals surface area contributed by atoms with Crippen LogP contribution < -0.4 is 5.73 Å². The van der Waals surface area contributed by atoms with E-state index in [1.165, 1.54) is 0 Å². The van der Waals surface area contributed by atoms with Gasteiger partial charge in [0, 0.05) is 0 Å². The highest BCUT2D eigenvalue weighted by atomic mass is 19.4. The summed E-state index contributed by atoms with van der Waals surface area (Å²) in [6.07, 6.45) is -9.79. The molecule has 9 heteroatoms. The molecule has 0 aliphatic rings. The molecule has 2 N–H and O–H groups in total. The summed E-state index contributed by atoms with van der Waals surface area (Å²) in [5, 5.41) is 4.80. The van der Waals surface area contributed by atoms with E-state index in [9.17, 15) is 26.3 Å². The molecule has 0 atom stereocenters. The fourth-order valence-corrected chi connectivity index (χ4v) is 0.765. The van der Waals surface area contributed by atoms with Gasteiger partial charge in [-0.05, 0) is 6.07 Å². The van der Waals surface area contributed by atoms with E-state index < -0.39 is 29.4 Å². The molecule has 0 aromatic carbocycles. The van der Waals surface area contributed by atoms with Crippen LogP contribution in [0.25, 0.3) is 0 Å². The van der Waals surface area contributed by atoms with Crippen LogP contribution >= 0.6 is 0 Å². The lowest BCUT2D eigenvalue weighted by Gasteiger charge is -2.10. The summed E-state index contributed by atoms with van der Waals surface area (Å²) in [6, 6.07) is 0.0931. The van der Waals surface area contributed by atoms with Gasteiger partial charge in [0.1, 0.15) is 0 Å². The zero-order chi connectivity index (χ0) is 11.9. The first kappa shape index (κ1) is 11.5. The number of anilines is 1. The van der Waals surface area contributed by atoms with Crippen LogP contribution in [0.3, 0.4) is 0 Å². The maximum Gasteiger partial charge on any atom is 0.437 e. The summed E-state index contributed by atoms with van der Waals surface area (Å²) >= 11 is 0. The topological polar surface area (TPSA) is 51.8 Å². The van der Waals surface area contributed by atoms with E-state index in [1.54, 1.807) is 0 Å². The largest absolute Gasteiger partial charge is 0.437 e. The summed E-state index contributed by atoms with van der Waals surface area (Å²) in [5.41, 5.74) is 0.484. The SMILES string of the molecule is Nc1cc(C(F)(F)F)nnc1C(F)(F)F. The predicted molar refractivity (Wildman–Crippen MR) is 36.4 cm³/mol. The van der Waals surface area contributed by atoms with Crippen molar-refractivity contribution in [2.75, 3.05) is 5.73 Å². The number of halogens is 6. The molecule has 0 spiro atoms. The van der Waals surface area contributed by atoms with Gasteiger partial charge in [0.15, 0.2) is 11.4 Å². The van der Waals surface area contributed by atoms with E-state index >= 15 is 0 Å². The molecule has 0 bridgehead atoms. The monoisotopic (exact) mass is 231 g/mol. The molecule has 1 heterocycles. The van der Waals surface area contributed by atoms with Crippen LogP contribution in [0.4, 0.5) is 32.0 Å². The normalized spacial score (nSPS) is 12.9. The zero-order valence-electron chi connectivity index (χ0n) is 6.82. The molecule has 0 saturated carbocycles. The van der Waals surface area contributed by atoms with Gasteiger partial charge in [0.25, 0.3) is 0 Å². The molecular formula is C6H3F6N3. The second-order valence-corrected chi connectivity index (χ2v) is 2.53.